The molecule has 0 radical (unpaired) electrons. The van der Waals surface area contributed by atoms with Crippen LogP contribution in [0.3, 0.4) is 0 Å². The van der Waals surface area contributed by atoms with Gasteiger partial charge in [-0.1, -0.05) is 18.2 Å². The van der Waals surface area contributed by atoms with Crippen molar-refractivity contribution in [2.75, 3.05) is 24.7 Å². The van der Waals surface area contributed by atoms with Gasteiger partial charge in [-0.2, -0.15) is 11.8 Å². The average Bonchev–Trinajstić information content (AvgIpc) is 2.87. The Balaban J connectivity index is 1.98. The number of para-hydroxylation sites is 1. The van der Waals surface area contributed by atoms with Gasteiger partial charge in [0.15, 0.2) is 5.96 Å². The summed E-state index contributed by atoms with van der Waals surface area (Å²) in [5, 5.41) is 3.17. The fourth-order valence-electron chi connectivity index (χ4n) is 2.32. The minimum Gasteiger partial charge on any atom is -0.380 e. The van der Waals surface area contributed by atoms with E-state index in [0.29, 0.717) is 12.6 Å². The molecule has 3 N–H and O–H groups in total. The average molecular weight is 293 g/mol. The smallest absolute Gasteiger partial charge is 0.193 e. The van der Waals surface area contributed by atoms with Gasteiger partial charge in [0.2, 0.25) is 0 Å². The summed E-state index contributed by atoms with van der Waals surface area (Å²) in [4.78, 5) is 4.50. The van der Waals surface area contributed by atoms with Gasteiger partial charge in [0, 0.05) is 23.1 Å². The van der Waals surface area contributed by atoms with Crippen molar-refractivity contribution in [3.8, 4) is 0 Å². The second kappa shape index (κ2) is 6.99. The summed E-state index contributed by atoms with van der Waals surface area (Å²) in [5.74, 6) is 1.71. The van der Waals surface area contributed by atoms with Gasteiger partial charge in [-0.3, -0.25) is 4.99 Å². The van der Waals surface area contributed by atoms with Gasteiger partial charge >= 0.3 is 0 Å². The maximum Gasteiger partial charge on any atom is 0.193 e. The number of nitrogens with zero attached hydrogens (tertiary/aromatic N) is 1. The number of ether oxygens (including phenoxy) is 1. The molecule has 1 aromatic carbocycles. The van der Waals surface area contributed by atoms with Crippen LogP contribution in [0, 0.1) is 0 Å². The first-order valence-corrected chi connectivity index (χ1v) is 7.89. The highest BCUT2D eigenvalue weighted by Gasteiger charge is 2.29. The molecule has 0 saturated carbocycles. The maximum atomic E-state index is 6.00. The lowest BCUT2D eigenvalue weighted by Gasteiger charge is -2.20. The predicted octanol–water partition coefficient (Wildman–Crippen LogP) is 2.85. The van der Waals surface area contributed by atoms with Crippen LogP contribution < -0.4 is 11.1 Å². The quantitative estimate of drug-likeness (QED) is 0.647. The molecule has 1 fully saturated rings. The molecule has 5 heteroatoms. The van der Waals surface area contributed by atoms with E-state index in [1.807, 2.05) is 36.0 Å². The molecule has 110 valence electrons. The third-order valence-corrected chi connectivity index (χ3v) is 4.99. The van der Waals surface area contributed by atoms with E-state index in [-0.39, 0.29) is 4.75 Å². The van der Waals surface area contributed by atoms with E-state index in [0.717, 1.165) is 17.8 Å². The first kappa shape index (κ1) is 15.2. The predicted molar refractivity (Wildman–Crippen MR) is 87.4 cm³/mol. The molecule has 1 aliphatic heterocycles. The van der Waals surface area contributed by atoms with Gasteiger partial charge in [-0.15, -0.1) is 0 Å². The Morgan fingerprint density at radius 1 is 1.50 bits per heavy atom. The van der Waals surface area contributed by atoms with Gasteiger partial charge in [0.05, 0.1) is 13.2 Å². The molecular weight excluding hydrogens is 270 g/mol. The Morgan fingerprint density at radius 2 is 2.30 bits per heavy atom. The zero-order valence-corrected chi connectivity index (χ0v) is 13.0. The summed E-state index contributed by atoms with van der Waals surface area (Å²) in [5.41, 5.74) is 8.03. The molecule has 0 spiro atoms. The van der Waals surface area contributed by atoms with Gasteiger partial charge in [0.25, 0.3) is 0 Å². The van der Waals surface area contributed by atoms with Crippen LogP contribution in [0.1, 0.15) is 25.3 Å². The number of rotatable bonds is 5. The monoisotopic (exact) mass is 293 g/mol. The van der Waals surface area contributed by atoms with Gasteiger partial charge in [-0.05, 0) is 31.6 Å². The molecular formula is C15H23N3OS. The van der Waals surface area contributed by atoms with Crippen LogP contribution >= 0.6 is 11.8 Å². The summed E-state index contributed by atoms with van der Waals surface area (Å²) in [7, 11) is 1.69. The molecule has 2 rings (SSSR count). The highest BCUT2D eigenvalue weighted by molar-refractivity contribution is 8.00. The highest BCUT2D eigenvalue weighted by Crippen LogP contribution is 2.37. The maximum absolute atomic E-state index is 6.00. The lowest BCUT2D eigenvalue weighted by Crippen LogP contribution is -2.27. The SMILES string of the molecule is COCc1ccccc1NC(N)=NCC1(C)CCCS1. The summed E-state index contributed by atoms with van der Waals surface area (Å²) in [6, 6.07) is 7.97. The fraction of sp³-hybridized carbons (Fsp3) is 0.533. The van der Waals surface area contributed by atoms with Gasteiger partial charge in [-0.25, -0.2) is 0 Å². The summed E-state index contributed by atoms with van der Waals surface area (Å²) >= 11 is 1.99. The molecule has 1 saturated heterocycles. The lowest BCUT2D eigenvalue weighted by atomic mass is 10.1. The number of benzene rings is 1. The van der Waals surface area contributed by atoms with Crippen molar-refractivity contribution in [2.24, 2.45) is 10.7 Å². The Hall–Kier alpha value is -1.20. The summed E-state index contributed by atoms with van der Waals surface area (Å²) in [6.07, 6.45) is 2.50. The van der Waals surface area contributed by atoms with Crippen LogP contribution in [0.4, 0.5) is 5.69 Å². The third-order valence-electron chi connectivity index (χ3n) is 3.46. The van der Waals surface area contributed by atoms with E-state index in [1.165, 1.54) is 18.6 Å². The van der Waals surface area contributed by atoms with Crippen molar-refractivity contribution in [3.63, 3.8) is 0 Å². The Kier molecular flexibility index (Phi) is 5.31. The number of guanidine groups is 1. The number of hydrogen-bond acceptors (Lipinski definition) is 3. The molecule has 1 atom stereocenters. The van der Waals surface area contributed by atoms with Crippen molar-refractivity contribution < 1.29 is 4.74 Å². The Bertz CT molecular complexity index is 470. The molecule has 1 aliphatic rings. The second-order valence-electron chi connectivity index (χ2n) is 5.32. The van der Waals surface area contributed by atoms with Gasteiger partial charge in [0.1, 0.15) is 0 Å². The van der Waals surface area contributed by atoms with Crippen LogP contribution in [0.5, 0.6) is 0 Å². The standard InChI is InChI=1S/C15H23N3OS/c1-15(8-5-9-20-15)11-17-14(16)18-13-7-4-3-6-12(13)10-19-2/h3-4,6-7H,5,8-11H2,1-2H3,(H3,16,17,18). The van der Waals surface area contributed by atoms with Crippen LogP contribution in [0.25, 0.3) is 0 Å². The number of methoxy groups -OCH3 is 1. The van der Waals surface area contributed by atoms with Crippen LogP contribution in [0.15, 0.2) is 29.3 Å². The van der Waals surface area contributed by atoms with E-state index in [9.17, 15) is 0 Å². The van der Waals surface area contributed by atoms with E-state index in [1.54, 1.807) is 7.11 Å². The molecule has 1 aromatic rings. The summed E-state index contributed by atoms with van der Waals surface area (Å²) < 4.78 is 5.43. The molecule has 1 heterocycles. The number of aliphatic imine (C=N–C) groups is 1. The third kappa shape index (κ3) is 4.15. The van der Waals surface area contributed by atoms with Crippen molar-refractivity contribution >= 4 is 23.4 Å². The molecule has 0 amide bonds. The number of hydrogen-bond donors (Lipinski definition) is 2. The van der Waals surface area contributed by atoms with Crippen LogP contribution in [0.2, 0.25) is 0 Å². The normalized spacial score (nSPS) is 23.0. The number of nitrogens with two attached hydrogens (primary N) is 1. The van der Waals surface area contributed by atoms with E-state index in [2.05, 4.69) is 17.2 Å². The topological polar surface area (TPSA) is 59.6 Å². The van der Waals surface area contributed by atoms with Gasteiger partial charge < -0.3 is 15.8 Å². The fourth-order valence-corrected chi connectivity index (χ4v) is 3.54. The number of nitrogens with one attached hydrogen (secondary N) is 1. The molecule has 0 aromatic heterocycles. The summed E-state index contributed by atoms with van der Waals surface area (Å²) in [6.45, 7) is 3.59. The zero-order valence-electron chi connectivity index (χ0n) is 12.2. The van der Waals surface area contributed by atoms with Crippen molar-refractivity contribution in [1.82, 2.24) is 0 Å². The molecule has 4 nitrogen and oxygen atoms in total. The first-order valence-electron chi connectivity index (χ1n) is 6.91. The van der Waals surface area contributed by atoms with E-state index >= 15 is 0 Å². The molecule has 1 unspecified atom stereocenters. The Labute approximate surface area is 125 Å². The van der Waals surface area contributed by atoms with Crippen molar-refractivity contribution in [3.05, 3.63) is 29.8 Å². The number of anilines is 1. The van der Waals surface area contributed by atoms with Crippen molar-refractivity contribution in [1.29, 1.82) is 0 Å². The lowest BCUT2D eigenvalue weighted by molar-refractivity contribution is 0.185. The minimum absolute atomic E-state index is 0.248. The van der Waals surface area contributed by atoms with Crippen LogP contribution in [-0.2, 0) is 11.3 Å². The molecule has 0 aliphatic carbocycles. The van der Waals surface area contributed by atoms with E-state index in [4.69, 9.17) is 10.5 Å². The zero-order chi connectivity index (χ0) is 14.4. The van der Waals surface area contributed by atoms with Crippen LogP contribution in [-0.4, -0.2) is 30.1 Å². The molecule has 20 heavy (non-hydrogen) atoms. The largest absolute Gasteiger partial charge is 0.380 e. The first-order chi connectivity index (χ1) is 9.63. The van der Waals surface area contributed by atoms with E-state index < -0.39 is 0 Å². The second-order valence-corrected chi connectivity index (χ2v) is 7.00. The van der Waals surface area contributed by atoms with Crippen molar-refractivity contribution in [2.45, 2.75) is 31.1 Å². The Morgan fingerprint density at radius 3 is 3.00 bits per heavy atom. The number of thioether (sulfide) groups is 1. The minimum atomic E-state index is 0.248. The highest BCUT2D eigenvalue weighted by atomic mass is 32.2. The molecule has 0 bridgehead atoms.